The minimum atomic E-state index is -0.611. The Morgan fingerprint density at radius 3 is 2.68 bits per heavy atom. The van der Waals surface area contributed by atoms with Crippen molar-refractivity contribution in [2.75, 3.05) is 0 Å². The molecule has 19 heavy (non-hydrogen) atoms. The van der Waals surface area contributed by atoms with E-state index in [4.69, 9.17) is 15.9 Å². The van der Waals surface area contributed by atoms with Crippen molar-refractivity contribution in [2.24, 2.45) is 16.5 Å². The number of benzene rings is 1. The molecular formula is C13H14N4O2. The molecule has 1 amide bonds. The first kappa shape index (κ1) is 12.8. The first-order valence-corrected chi connectivity index (χ1v) is 5.66. The summed E-state index contributed by atoms with van der Waals surface area (Å²) >= 11 is 0. The number of hydrogen-bond donors (Lipinski definition) is 2. The Hall–Kier alpha value is -2.63. The lowest BCUT2D eigenvalue weighted by Crippen LogP contribution is -2.24. The molecule has 1 aromatic carbocycles. The quantitative estimate of drug-likeness (QED) is 0.624. The van der Waals surface area contributed by atoms with Crippen LogP contribution in [-0.2, 0) is 0 Å². The maximum Gasteiger partial charge on any atom is 0.302 e. The first-order valence-electron chi connectivity index (χ1n) is 5.66. The lowest BCUT2D eigenvalue weighted by molar-refractivity contribution is 0.0997. The van der Waals surface area contributed by atoms with Gasteiger partial charge >= 0.3 is 5.91 Å². The van der Waals surface area contributed by atoms with E-state index in [2.05, 4.69) is 9.98 Å². The molecular weight excluding hydrogens is 244 g/mol. The standard InChI is InChI=1S/C13H14N4O2/c1-7-4-3-5-9(6-7)12-16-10(8(2)19-12)11(18)17-13(14)15/h3-6H,1-2H3,(H4,14,15,17,18). The van der Waals surface area contributed by atoms with E-state index in [1.807, 2.05) is 31.2 Å². The van der Waals surface area contributed by atoms with Crippen molar-refractivity contribution in [1.82, 2.24) is 4.98 Å². The van der Waals surface area contributed by atoms with Crippen LogP contribution in [0.3, 0.4) is 0 Å². The maximum atomic E-state index is 11.7. The summed E-state index contributed by atoms with van der Waals surface area (Å²) in [6.45, 7) is 3.60. The van der Waals surface area contributed by atoms with Crippen molar-refractivity contribution < 1.29 is 9.21 Å². The molecule has 0 aliphatic heterocycles. The van der Waals surface area contributed by atoms with Gasteiger partial charge in [-0.3, -0.25) is 4.79 Å². The van der Waals surface area contributed by atoms with E-state index in [9.17, 15) is 4.79 Å². The molecule has 0 saturated carbocycles. The largest absolute Gasteiger partial charge is 0.441 e. The molecule has 0 aliphatic carbocycles. The average Bonchev–Trinajstić information content (AvgIpc) is 2.70. The number of carbonyl (C=O) groups excluding carboxylic acids is 1. The summed E-state index contributed by atoms with van der Waals surface area (Å²) in [5.41, 5.74) is 12.3. The Bertz CT molecular complexity index is 654. The highest BCUT2D eigenvalue weighted by Crippen LogP contribution is 2.22. The molecule has 0 bridgehead atoms. The third-order valence-electron chi connectivity index (χ3n) is 2.49. The lowest BCUT2D eigenvalue weighted by atomic mass is 10.1. The second-order valence-corrected chi connectivity index (χ2v) is 4.14. The summed E-state index contributed by atoms with van der Waals surface area (Å²) in [6, 6.07) is 7.62. The van der Waals surface area contributed by atoms with Gasteiger partial charge in [0.1, 0.15) is 5.76 Å². The van der Waals surface area contributed by atoms with Gasteiger partial charge in [-0.1, -0.05) is 17.7 Å². The Morgan fingerprint density at radius 1 is 1.32 bits per heavy atom. The van der Waals surface area contributed by atoms with Gasteiger partial charge in [0.25, 0.3) is 0 Å². The highest BCUT2D eigenvalue weighted by Gasteiger charge is 2.17. The van der Waals surface area contributed by atoms with Crippen LogP contribution in [0.25, 0.3) is 11.5 Å². The van der Waals surface area contributed by atoms with Crippen molar-refractivity contribution in [1.29, 1.82) is 0 Å². The van der Waals surface area contributed by atoms with Gasteiger partial charge in [-0.2, -0.15) is 4.99 Å². The SMILES string of the molecule is Cc1cccc(-c2nc(C(=O)N=C(N)N)c(C)o2)c1. The smallest absolute Gasteiger partial charge is 0.302 e. The van der Waals surface area contributed by atoms with Crippen LogP contribution in [0, 0.1) is 13.8 Å². The number of guanidine groups is 1. The molecule has 0 spiro atoms. The van der Waals surface area contributed by atoms with Gasteiger partial charge in [0.15, 0.2) is 11.7 Å². The maximum absolute atomic E-state index is 11.7. The zero-order valence-electron chi connectivity index (χ0n) is 10.7. The Balaban J connectivity index is 2.42. The fourth-order valence-electron chi connectivity index (χ4n) is 1.67. The fraction of sp³-hybridized carbons (Fsp3) is 0.154. The number of hydrogen-bond acceptors (Lipinski definition) is 3. The Morgan fingerprint density at radius 2 is 2.05 bits per heavy atom. The van der Waals surface area contributed by atoms with E-state index < -0.39 is 5.91 Å². The summed E-state index contributed by atoms with van der Waals surface area (Å²) in [6.07, 6.45) is 0. The normalized spacial score (nSPS) is 10.2. The molecule has 0 aliphatic rings. The molecule has 0 saturated heterocycles. The molecule has 2 rings (SSSR count). The number of rotatable bonds is 2. The number of aliphatic imine (C=N–C) groups is 1. The van der Waals surface area contributed by atoms with Gasteiger partial charge in [-0.15, -0.1) is 0 Å². The molecule has 4 N–H and O–H groups in total. The number of aromatic nitrogens is 1. The van der Waals surface area contributed by atoms with Gasteiger partial charge in [-0.05, 0) is 26.0 Å². The van der Waals surface area contributed by atoms with Crippen LogP contribution in [0.2, 0.25) is 0 Å². The predicted molar refractivity (Wildman–Crippen MR) is 71.6 cm³/mol. The summed E-state index contributed by atoms with van der Waals surface area (Å²) in [7, 11) is 0. The summed E-state index contributed by atoms with van der Waals surface area (Å²) in [4.78, 5) is 19.3. The third kappa shape index (κ3) is 2.79. The van der Waals surface area contributed by atoms with Crippen LogP contribution in [-0.4, -0.2) is 16.9 Å². The average molecular weight is 258 g/mol. The number of nitrogens with zero attached hydrogens (tertiary/aromatic N) is 2. The highest BCUT2D eigenvalue weighted by molar-refractivity contribution is 6.01. The third-order valence-corrected chi connectivity index (χ3v) is 2.49. The zero-order chi connectivity index (χ0) is 14.0. The molecule has 0 radical (unpaired) electrons. The van der Waals surface area contributed by atoms with Gasteiger partial charge in [0.2, 0.25) is 5.89 Å². The molecule has 2 aromatic rings. The molecule has 0 fully saturated rings. The van der Waals surface area contributed by atoms with Gasteiger partial charge in [0.05, 0.1) is 0 Å². The molecule has 0 unspecified atom stereocenters. The minimum absolute atomic E-state index is 0.116. The molecule has 1 aromatic heterocycles. The van der Waals surface area contributed by atoms with Crippen molar-refractivity contribution in [2.45, 2.75) is 13.8 Å². The topological polar surface area (TPSA) is 108 Å². The summed E-state index contributed by atoms with van der Waals surface area (Å²) < 4.78 is 5.48. The molecule has 6 heteroatoms. The number of aryl methyl sites for hydroxylation is 2. The van der Waals surface area contributed by atoms with Crippen LogP contribution in [0.5, 0.6) is 0 Å². The highest BCUT2D eigenvalue weighted by atomic mass is 16.4. The van der Waals surface area contributed by atoms with Crippen LogP contribution < -0.4 is 11.5 Å². The minimum Gasteiger partial charge on any atom is -0.441 e. The molecule has 98 valence electrons. The zero-order valence-corrected chi connectivity index (χ0v) is 10.7. The number of amides is 1. The van der Waals surface area contributed by atoms with Crippen molar-refractivity contribution in [3.8, 4) is 11.5 Å². The van der Waals surface area contributed by atoms with E-state index in [0.717, 1.165) is 11.1 Å². The Labute approximate surface area is 110 Å². The first-order chi connectivity index (χ1) is 8.97. The second kappa shape index (κ2) is 4.93. The van der Waals surface area contributed by atoms with Crippen LogP contribution >= 0.6 is 0 Å². The Kier molecular flexibility index (Phi) is 3.33. The van der Waals surface area contributed by atoms with E-state index >= 15 is 0 Å². The van der Waals surface area contributed by atoms with E-state index in [1.54, 1.807) is 6.92 Å². The van der Waals surface area contributed by atoms with Gasteiger partial charge in [0, 0.05) is 5.56 Å². The van der Waals surface area contributed by atoms with Crippen LogP contribution in [0.15, 0.2) is 33.7 Å². The van der Waals surface area contributed by atoms with Gasteiger partial charge in [-0.25, -0.2) is 4.98 Å². The fourth-order valence-corrected chi connectivity index (χ4v) is 1.67. The molecule has 6 nitrogen and oxygen atoms in total. The lowest BCUT2D eigenvalue weighted by Gasteiger charge is -1.96. The summed E-state index contributed by atoms with van der Waals surface area (Å²) in [5, 5.41) is 0. The second-order valence-electron chi connectivity index (χ2n) is 4.14. The number of carbonyl (C=O) groups is 1. The predicted octanol–water partition coefficient (Wildman–Crippen LogP) is 1.37. The van der Waals surface area contributed by atoms with Crippen molar-refractivity contribution in [3.05, 3.63) is 41.3 Å². The summed E-state index contributed by atoms with van der Waals surface area (Å²) in [5.74, 6) is -0.161. The van der Waals surface area contributed by atoms with Crippen molar-refractivity contribution in [3.63, 3.8) is 0 Å². The number of oxazole rings is 1. The van der Waals surface area contributed by atoms with Crippen LogP contribution in [0.4, 0.5) is 0 Å². The molecule has 1 heterocycles. The van der Waals surface area contributed by atoms with Crippen molar-refractivity contribution >= 4 is 11.9 Å². The van der Waals surface area contributed by atoms with E-state index in [0.29, 0.717) is 11.7 Å². The molecule has 0 atom stereocenters. The van der Waals surface area contributed by atoms with E-state index in [1.165, 1.54) is 0 Å². The van der Waals surface area contributed by atoms with E-state index in [-0.39, 0.29) is 11.7 Å². The van der Waals surface area contributed by atoms with Gasteiger partial charge < -0.3 is 15.9 Å². The van der Waals surface area contributed by atoms with Crippen LogP contribution in [0.1, 0.15) is 21.8 Å². The monoisotopic (exact) mass is 258 g/mol. The number of nitrogens with two attached hydrogens (primary N) is 2.